The van der Waals surface area contributed by atoms with E-state index in [0.717, 1.165) is 0 Å². The molecule has 2 aromatic rings. The van der Waals surface area contributed by atoms with Gasteiger partial charge in [0.25, 0.3) is 0 Å². The Labute approximate surface area is 101 Å². The zero-order chi connectivity index (χ0) is 14.4. The molecule has 2 rings (SSSR count). The minimum absolute atomic E-state index is 0.127. The van der Waals surface area contributed by atoms with E-state index in [0.29, 0.717) is 18.2 Å². The molecule has 0 N–H and O–H groups in total. The molecule has 0 unspecified atom stereocenters. The Morgan fingerprint density at radius 1 is 0.895 bits per heavy atom. The number of fused-ring (bicyclic) bond motifs is 1. The Kier molecular flexibility index (Phi) is 2.83. The molecule has 2 nitrogen and oxygen atoms in total. The van der Waals surface area contributed by atoms with Crippen molar-refractivity contribution in [1.29, 1.82) is 0 Å². The lowest BCUT2D eigenvalue weighted by Crippen LogP contribution is -2.12. The highest BCUT2D eigenvalue weighted by Crippen LogP contribution is 2.37. The lowest BCUT2D eigenvalue weighted by atomic mass is 10.1. The Morgan fingerprint density at radius 2 is 1.53 bits per heavy atom. The largest absolute Gasteiger partial charge is 0.423 e. The van der Waals surface area contributed by atoms with Crippen LogP contribution in [0.2, 0.25) is 0 Å². The van der Waals surface area contributed by atoms with Crippen molar-refractivity contribution in [1.82, 2.24) is 0 Å². The van der Waals surface area contributed by atoms with Crippen LogP contribution in [-0.2, 0) is 12.4 Å². The Morgan fingerprint density at radius 3 is 2.05 bits per heavy atom. The molecule has 0 aliphatic carbocycles. The van der Waals surface area contributed by atoms with Crippen molar-refractivity contribution in [3.63, 3.8) is 0 Å². The third-order valence-corrected chi connectivity index (χ3v) is 2.38. The second-order valence-corrected chi connectivity index (χ2v) is 3.69. The predicted molar refractivity (Wildman–Crippen MR) is 52.5 cm³/mol. The highest BCUT2D eigenvalue weighted by molar-refractivity contribution is 5.81. The van der Waals surface area contributed by atoms with Gasteiger partial charge < -0.3 is 4.42 Å². The third kappa shape index (κ3) is 2.56. The molecule has 0 spiro atoms. The second-order valence-electron chi connectivity index (χ2n) is 3.69. The van der Waals surface area contributed by atoms with Crippen LogP contribution in [0.4, 0.5) is 26.3 Å². The molecule has 0 bridgehead atoms. The van der Waals surface area contributed by atoms with E-state index in [1.165, 1.54) is 0 Å². The van der Waals surface area contributed by atoms with Gasteiger partial charge in [0.2, 0.25) is 0 Å². The summed E-state index contributed by atoms with van der Waals surface area (Å²) in [6, 6.07) is 1.67. The van der Waals surface area contributed by atoms with E-state index in [9.17, 15) is 31.1 Å². The molecule has 1 aromatic heterocycles. The number of hydrogen-bond donors (Lipinski definition) is 0. The van der Waals surface area contributed by atoms with Crippen molar-refractivity contribution >= 4 is 11.0 Å². The van der Waals surface area contributed by atoms with Crippen LogP contribution in [0, 0.1) is 0 Å². The molecule has 0 saturated carbocycles. The first-order valence-electron chi connectivity index (χ1n) is 4.81. The molecule has 19 heavy (non-hydrogen) atoms. The number of hydrogen-bond acceptors (Lipinski definition) is 2. The molecule has 0 atom stereocenters. The fourth-order valence-electron chi connectivity index (χ4n) is 1.57. The zero-order valence-electron chi connectivity index (χ0n) is 8.89. The first-order valence-corrected chi connectivity index (χ1v) is 4.81. The summed E-state index contributed by atoms with van der Waals surface area (Å²) in [6.45, 7) is 0. The first kappa shape index (κ1) is 13.4. The summed E-state index contributed by atoms with van der Waals surface area (Å²) in [5.41, 5.74) is -4.53. The van der Waals surface area contributed by atoms with Crippen LogP contribution in [-0.4, -0.2) is 0 Å². The van der Waals surface area contributed by atoms with Crippen LogP contribution >= 0.6 is 0 Å². The van der Waals surface area contributed by atoms with Crippen LogP contribution in [0.15, 0.2) is 33.5 Å². The number of halogens is 6. The number of benzene rings is 1. The SMILES string of the molecule is O=c1cc(C(F)(F)F)c2cc(C(F)(F)F)ccc2o1. The Hall–Kier alpha value is -1.99. The van der Waals surface area contributed by atoms with E-state index in [2.05, 4.69) is 4.42 Å². The highest BCUT2D eigenvalue weighted by atomic mass is 19.4. The molecule has 8 heteroatoms. The van der Waals surface area contributed by atoms with Crippen molar-refractivity contribution in [3.8, 4) is 0 Å². The van der Waals surface area contributed by atoms with Crippen molar-refractivity contribution in [3.05, 3.63) is 45.8 Å². The van der Waals surface area contributed by atoms with Gasteiger partial charge in [-0.15, -0.1) is 0 Å². The summed E-state index contributed by atoms with van der Waals surface area (Å²) in [5, 5.41) is -0.804. The van der Waals surface area contributed by atoms with Crippen molar-refractivity contribution in [2.24, 2.45) is 0 Å². The Balaban J connectivity index is 2.84. The summed E-state index contributed by atoms with van der Waals surface area (Å²) in [7, 11) is 0. The quantitative estimate of drug-likeness (QED) is 0.543. The van der Waals surface area contributed by atoms with Gasteiger partial charge in [0.05, 0.1) is 11.1 Å². The van der Waals surface area contributed by atoms with E-state index in [1.807, 2.05) is 0 Å². The Bertz CT molecular complexity index is 680. The predicted octanol–water partition coefficient (Wildman–Crippen LogP) is 3.83. The van der Waals surface area contributed by atoms with E-state index in [-0.39, 0.29) is 6.07 Å². The lowest BCUT2D eigenvalue weighted by Gasteiger charge is -2.11. The average molecular weight is 282 g/mol. The fraction of sp³-hybridized carbons (Fsp3) is 0.182. The normalized spacial score (nSPS) is 12.9. The maximum absolute atomic E-state index is 12.7. The average Bonchev–Trinajstić information content (AvgIpc) is 2.24. The standard InChI is InChI=1S/C11H4F6O2/c12-10(13,14)5-1-2-8-6(3-5)7(11(15,16)17)4-9(18)19-8/h1-4H. The summed E-state index contributed by atoms with van der Waals surface area (Å²) in [5.74, 6) is 0. The maximum atomic E-state index is 12.7. The molecule has 0 aliphatic heterocycles. The maximum Gasteiger partial charge on any atom is 0.417 e. The van der Waals surface area contributed by atoms with E-state index >= 15 is 0 Å². The van der Waals surface area contributed by atoms with Crippen molar-refractivity contribution in [2.75, 3.05) is 0 Å². The van der Waals surface area contributed by atoms with Gasteiger partial charge in [-0.2, -0.15) is 26.3 Å². The molecule has 0 radical (unpaired) electrons. The molecule has 0 amide bonds. The van der Waals surface area contributed by atoms with Crippen LogP contribution in [0.25, 0.3) is 11.0 Å². The second kappa shape index (κ2) is 4.01. The minimum atomic E-state index is -4.95. The molecular weight excluding hydrogens is 278 g/mol. The van der Waals surface area contributed by atoms with Gasteiger partial charge in [-0.05, 0) is 18.2 Å². The van der Waals surface area contributed by atoms with Gasteiger partial charge in [-0.3, -0.25) is 0 Å². The van der Waals surface area contributed by atoms with Crippen LogP contribution in [0.3, 0.4) is 0 Å². The molecule has 0 saturated heterocycles. The smallest absolute Gasteiger partial charge is 0.417 e. The third-order valence-electron chi connectivity index (χ3n) is 2.38. The topological polar surface area (TPSA) is 30.2 Å². The fourth-order valence-corrected chi connectivity index (χ4v) is 1.57. The lowest BCUT2D eigenvalue weighted by molar-refractivity contribution is -0.139. The van der Waals surface area contributed by atoms with Gasteiger partial charge in [0.15, 0.2) is 0 Å². The first-order chi connectivity index (χ1) is 8.59. The summed E-state index contributed by atoms with van der Waals surface area (Å²) in [4.78, 5) is 10.9. The molecular formula is C11H4F6O2. The summed E-state index contributed by atoms with van der Waals surface area (Å²) < 4.78 is 79.8. The van der Waals surface area contributed by atoms with Gasteiger partial charge >= 0.3 is 18.0 Å². The number of rotatable bonds is 0. The van der Waals surface area contributed by atoms with Crippen LogP contribution in [0.5, 0.6) is 0 Å². The summed E-state index contributed by atoms with van der Waals surface area (Å²) >= 11 is 0. The molecule has 102 valence electrons. The van der Waals surface area contributed by atoms with Crippen LogP contribution in [0.1, 0.15) is 11.1 Å². The minimum Gasteiger partial charge on any atom is -0.423 e. The molecule has 0 fully saturated rings. The van der Waals surface area contributed by atoms with Gasteiger partial charge in [0.1, 0.15) is 5.58 Å². The molecule has 1 aromatic carbocycles. The zero-order valence-corrected chi connectivity index (χ0v) is 8.89. The van der Waals surface area contributed by atoms with Crippen molar-refractivity contribution in [2.45, 2.75) is 12.4 Å². The van der Waals surface area contributed by atoms with Crippen LogP contribution < -0.4 is 5.63 Å². The monoisotopic (exact) mass is 282 g/mol. The highest BCUT2D eigenvalue weighted by Gasteiger charge is 2.36. The van der Waals surface area contributed by atoms with Gasteiger partial charge in [0, 0.05) is 11.5 Å². The van der Waals surface area contributed by atoms with E-state index in [1.54, 1.807) is 0 Å². The molecule has 0 aliphatic rings. The van der Waals surface area contributed by atoms with Crippen molar-refractivity contribution < 1.29 is 30.8 Å². The van der Waals surface area contributed by atoms with E-state index < -0.39 is 40.1 Å². The van der Waals surface area contributed by atoms with Gasteiger partial charge in [-0.25, -0.2) is 4.79 Å². The summed E-state index contributed by atoms with van der Waals surface area (Å²) in [6.07, 6.45) is -9.73. The van der Waals surface area contributed by atoms with Gasteiger partial charge in [-0.1, -0.05) is 0 Å². The molecule has 1 heterocycles. The van der Waals surface area contributed by atoms with E-state index in [4.69, 9.17) is 0 Å². The number of alkyl halides is 6.